The molecule has 0 aromatic carbocycles. The van der Waals surface area contributed by atoms with Crippen LogP contribution in [-0.2, 0) is 0 Å². The maximum absolute atomic E-state index is 12.0. The van der Waals surface area contributed by atoms with E-state index in [1.807, 2.05) is 7.05 Å². The van der Waals surface area contributed by atoms with Crippen molar-refractivity contribution in [1.29, 1.82) is 0 Å². The summed E-state index contributed by atoms with van der Waals surface area (Å²) in [5.41, 5.74) is 5.95. The van der Waals surface area contributed by atoms with Gasteiger partial charge in [-0.1, -0.05) is 12.8 Å². The number of hydrogen-bond acceptors (Lipinski definition) is 2. The minimum absolute atomic E-state index is 0.260. The SMILES string of the molecule is CN(CCF)C1CCCCC1N. The summed E-state index contributed by atoms with van der Waals surface area (Å²) in [6, 6.07) is 0.671. The fraction of sp³-hybridized carbons (Fsp3) is 1.00. The standard InChI is InChI=1S/C9H19FN2/c1-12(7-6-10)9-5-3-2-4-8(9)11/h8-9H,2-7,11H2,1H3. The Hall–Kier alpha value is -0.150. The molecule has 0 aromatic rings. The smallest absolute Gasteiger partial charge is 0.102 e. The first-order chi connectivity index (χ1) is 5.75. The van der Waals surface area contributed by atoms with Gasteiger partial charge in [-0.3, -0.25) is 4.90 Å². The molecule has 2 N–H and O–H groups in total. The van der Waals surface area contributed by atoms with Crippen molar-refractivity contribution in [3.8, 4) is 0 Å². The summed E-state index contributed by atoms with van der Waals surface area (Å²) < 4.78 is 12.0. The molecule has 0 bridgehead atoms. The van der Waals surface area contributed by atoms with E-state index in [0.717, 1.165) is 12.8 Å². The van der Waals surface area contributed by atoms with Gasteiger partial charge in [0.15, 0.2) is 0 Å². The van der Waals surface area contributed by atoms with Crippen molar-refractivity contribution >= 4 is 0 Å². The molecule has 0 radical (unpaired) electrons. The van der Waals surface area contributed by atoms with Crippen LogP contribution in [0.15, 0.2) is 0 Å². The van der Waals surface area contributed by atoms with Crippen LogP contribution in [0.3, 0.4) is 0 Å². The molecule has 0 heterocycles. The van der Waals surface area contributed by atoms with Crippen LogP contribution in [-0.4, -0.2) is 37.3 Å². The lowest BCUT2D eigenvalue weighted by Gasteiger charge is -2.35. The maximum Gasteiger partial charge on any atom is 0.102 e. The molecule has 0 saturated heterocycles. The van der Waals surface area contributed by atoms with Gasteiger partial charge in [-0.05, 0) is 19.9 Å². The Balaban J connectivity index is 2.36. The minimum atomic E-state index is -0.264. The lowest BCUT2D eigenvalue weighted by atomic mass is 9.90. The van der Waals surface area contributed by atoms with Crippen molar-refractivity contribution in [2.24, 2.45) is 5.73 Å². The second-order valence-corrected chi connectivity index (χ2v) is 3.69. The highest BCUT2D eigenvalue weighted by Gasteiger charge is 2.24. The molecule has 2 unspecified atom stereocenters. The van der Waals surface area contributed by atoms with Crippen LogP contribution in [0.5, 0.6) is 0 Å². The van der Waals surface area contributed by atoms with E-state index in [2.05, 4.69) is 4.90 Å². The van der Waals surface area contributed by atoms with Crippen LogP contribution >= 0.6 is 0 Å². The summed E-state index contributed by atoms with van der Waals surface area (Å²) in [6.45, 7) is 0.262. The van der Waals surface area contributed by atoms with E-state index in [1.165, 1.54) is 12.8 Å². The first-order valence-corrected chi connectivity index (χ1v) is 4.77. The van der Waals surface area contributed by atoms with Crippen LogP contribution < -0.4 is 5.73 Å². The lowest BCUT2D eigenvalue weighted by Crippen LogP contribution is -2.48. The van der Waals surface area contributed by atoms with Crippen molar-refractivity contribution in [1.82, 2.24) is 4.90 Å². The zero-order valence-corrected chi connectivity index (χ0v) is 7.80. The average molecular weight is 174 g/mol. The van der Waals surface area contributed by atoms with Crippen LogP contribution in [0.2, 0.25) is 0 Å². The minimum Gasteiger partial charge on any atom is -0.326 e. The van der Waals surface area contributed by atoms with Gasteiger partial charge in [-0.25, -0.2) is 4.39 Å². The molecular formula is C9H19FN2. The molecule has 3 heteroatoms. The van der Waals surface area contributed by atoms with E-state index in [9.17, 15) is 4.39 Å². The van der Waals surface area contributed by atoms with Crippen molar-refractivity contribution in [3.05, 3.63) is 0 Å². The summed E-state index contributed by atoms with van der Waals surface area (Å²) >= 11 is 0. The number of alkyl halides is 1. The van der Waals surface area contributed by atoms with E-state index >= 15 is 0 Å². The summed E-state index contributed by atoms with van der Waals surface area (Å²) in [4.78, 5) is 2.06. The Morgan fingerprint density at radius 3 is 2.67 bits per heavy atom. The van der Waals surface area contributed by atoms with E-state index in [4.69, 9.17) is 5.73 Å². The van der Waals surface area contributed by atoms with Gasteiger partial charge in [0, 0.05) is 18.6 Å². The highest BCUT2D eigenvalue weighted by atomic mass is 19.1. The van der Waals surface area contributed by atoms with Crippen molar-refractivity contribution < 1.29 is 4.39 Å². The second kappa shape index (κ2) is 4.77. The van der Waals surface area contributed by atoms with E-state index in [0.29, 0.717) is 12.6 Å². The first-order valence-electron chi connectivity index (χ1n) is 4.77. The average Bonchev–Trinajstić information content (AvgIpc) is 2.05. The fourth-order valence-electron chi connectivity index (χ4n) is 1.99. The predicted molar refractivity (Wildman–Crippen MR) is 48.8 cm³/mol. The van der Waals surface area contributed by atoms with Gasteiger partial charge in [0.05, 0.1) is 0 Å². The molecule has 0 amide bonds. The number of rotatable bonds is 3. The van der Waals surface area contributed by atoms with E-state index in [-0.39, 0.29) is 12.7 Å². The number of halogens is 1. The third kappa shape index (κ3) is 2.42. The molecule has 0 spiro atoms. The zero-order valence-electron chi connectivity index (χ0n) is 7.80. The van der Waals surface area contributed by atoms with Gasteiger partial charge in [0.2, 0.25) is 0 Å². The molecular weight excluding hydrogens is 155 g/mol. The Morgan fingerprint density at radius 2 is 2.08 bits per heavy atom. The number of nitrogens with zero attached hydrogens (tertiary/aromatic N) is 1. The van der Waals surface area contributed by atoms with Gasteiger partial charge in [-0.15, -0.1) is 0 Å². The molecule has 2 atom stereocenters. The predicted octanol–water partition coefficient (Wildman–Crippen LogP) is 1.16. The van der Waals surface area contributed by atoms with Crippen molar-refractivity contribution in [3.63, 3.8) is 0 Å². The lowest BCUT2D eigenvalue weighted by molar-refractivity contribution is 0.159. The molecule has 12 heavy (non-hydrogen) atoms. The highest BCUT2D eigenvalue weighted by molar-refractivity contribution is 4.84. The highest BCUT2D eigenvalue weighted by Crippen LogP contribution is 2.20. The maximum atomic E-state index is 12.0. The van der Waals surface area contributed by atoms with E-state index < -0.39 is 0 Å². The van der Waals surface area contributed by atoms with Crippen molar-refractivity contribution in [2.45, 2.75) is 37.8 Å². The van der Waals surface area contributed by atoms with Gasteiger partial charge in [0.1, 0.15) is 6.67 Å². The molecule has 1 fully saturated rings. The molecule has 1 rings (SSSR count). The number of nitrogens with two attached hydrogens (primary N) is 1. The summed E-state index contributed by atoms with van der Waals surface area (Å²) in [5.74, 6) is 0. The van der Waals surface area contributed by atoms with Gasteiger partial charge >= 0.3 is 0 Å². The van der Waals surface area contributed by atoms with E-state index in [1.54, 1.807) is 0 Å². The molecule has 1 saturated carbocycles. The summed E-state index contributed by atoms with van der Waals surface area (Å²) in [7, 11) is 1.97. The summed E-state index contributed by atoms with van der Waals surface area (Å²) in [6.07, 6.45) is 4.72. The fourth-order valence-corrected chi connectivity index (χ4v) is 1.99. The van der Waals surface area contributed by atoms with Crippen molar-refractivity contribution in [2.75, 3.05) is 20.3 Å². The largest absolute Gasteiger partial charge is 0.326 e. The molecule has 0 aliphatic heterocycles. The monoisotopic (exact) mass is 174 g/mol. The zero-order chi connectivity index (χ0) is 8.97. The third-order valence-corrected chi connectivity index (χ3v) is 2.78. The Bertz CT molecular complexity index is 130. The third-order valence-electron chi connectivity index (χ3n) is 2.78. The van der Waals surface area contributed by atoms with Gasteiger partial charge in [0.25, 0.3) is 0 Å². The van der Waals surface area contributed by atoms with Crippen LogP contribution in [0.4, 0.5) is 4.39 Å². The summed E-state index contributed by atoms with van der Waals surface area (Å²) in [5, 5.41) is 0. The van der Waals surface area contributed by atoms with Crippen LogP contribution in [0.25, 0.3) is 0 Å². The van der Waals surface area contributed by atoms with Gasteiger partial charge in [-0.2, -0.15) is 0 Å². The first kappa shape index (κ1) is 9.93. The Kier molecular flexibility index (Phi) is 3.95. The molecule has 2 nitrogen and oxygen atoms in total. The van der Waals surface area contributed by atoms with Gasteiger partial charge < -0.3 is 5.73 Å². The Morgan fingerprint density at radius 1 is 1.42 bits per heavy atom. The second-order valence-electron chi connectivity index (χ2n) is 3.69. The number of likely N-dealkylation sites (N-methyl/N-ethyl adjacent to an activating group) is 1. The normalized spacial score (nSPS) is 31.0. The topological polar surface area (TPSA) is 29.3 Å². The molecule has 1 aliphatic carbocycles. The number of hydrogen-bond donors (Lipinski definition) is 1. The quantitative estimate of drug-likeness (QED) is 0.695. The van der Waals surface area contributed by atoms with Crippen LogP contribution in [0, 0.1) is 0 Å². The molecule has 72 valence electrons. The van der Waals surface area contributed by atoms with Crippen LogP contribution in [0.1, 0.15) is 25.7 Å². The molecule has 0 aromatic heterocycles. The molecule has 1 aliphatic rings. The Labute approximate surface area is 73.9 Å².